The molecule has 1 spiro atoms. The third-order valence-electron chi connectivity index (χ3n) is 5.14. The SMILES string of the molecule is COc1ccc(-c2ccc3c(c2)NC(=O)C2(CCN(C#N)C2)C3)cn1. The van der Waals surface area contributed by atoms with Crippen molar-refractivity contribution in [2.75, 3.05) is 25.5 Å². The van der Waals surface area contributed by atoms with Crippen LogP contribution in [-0.4, -0.2) is 36.0 Å². The Morgan fingerprint density at radius 2 is 2.16 bits per heavy atom. The highest BCUT2D eigenvalue weighted by Crippen LogP contribution is 2.41. The molecule has 4 rings (SSSR count). The van der Waals surface area contributed by atoms with Crippen molar-refractivity contribution in [1.29, 1.82) is 5.26 Å². The standard InChI is InChI=1S/C19H18N4O2/c1-25-17-5-4-15(10-21-17)13-2-3-14-9-19(6-7-23(11-19)12-20)18(24)22-16(14)8-13/h2-5,8,10H,6-7,9,11H2,1H3,(H,22,24). The number of nitriles is 1. The van der Waals surface area contributed by atoms with Gasteiger partial charge in [0.05, 0.1) is 12.5 Å². The second kappa shape index (κ2) is 5.78. The highest BCUT2D eigenvalue weighted by molar-refractivity contribution is 5.99. The Kier molecular flexibility index (Phi) is 3.57. The van der Waals surface area contributed by atoms with Crippen LogP contribution in [0.2, 0.25) is 0 Å². The maximum atomic E-state index is 12.7. The number of amides is 1. The summed E-state index contributed by atoms with van der Waals surface area (Å²) in [5, 5.41) is 12.1. The Hall–Kier alpha value is -3.07. The molecule has 1 unspecified atom stereocenters. The molecule has 1 atom stereocenters. The summed E-state index contributed by atoms with van der Waals surface area (Å²) in [7, 11) is 1.59. The predicted octanol–water partition coefficient (Wildman–Crippen LogP) is 2.42. The van der Waals surface area contributed by atoms with Crippen LogP contribution in [0.3, 0.4) is 0 Å². The molecule has 1 fully saturated rings. The van der Waals surface area contributed by atoms with Gasteiger partial charge in [0.2, 0.25) is 11.8 Å². The summed E-state index contributed by atoms with van der Waals surface area (Å²) < 4.78 is 5.09. The first-order valence-electron chi connectivity index (χ1n) is 8.23. The average Bonchev–Trinajstić information content (AvgIpc) is 3.07. The van der Waals surface area contributed by atoms with E-state index in [1.807, 2.05) is 24.3 Å². The van der Waals surface area contributed by atoms with Gasteiger partial charge in [0.1, 0.15) is 0 Å². The van der Waals surface area contributed by atoms with E-state index in [0.29, 0.717) is 25.4 Å². The van der Waals surface area contributed by atoms with E-state index in [9.17, 15) is 4.79 Å². The third-order valence-corrected chi connectivity index (χ3v) is 5.14. The summed E-state index contributed by atoms with van der Waals surface area (Å²) >= 11 is 0. The van der Waals surface area contributed by atoms with Crippen molar-refractivity contribution in [2.24, 2.45) is 5.41 Å². The molecular weight excluding hydrogens is 316 g/mol. The largest absolute Gasteiger partial charge is 0.481 e. The summed E-state index contributed by atoms with van der Waals surface area (Å²) in [6, 6.07) is 9.86. The van der Waals surface area contributed by atoms with Crippen molar-refractivity contribution in [3.8, 4) is 23.2 Å². The lowest BCUT2D eigenvalue weighted by Crippen LogP contribution is -2.43. The fourth-order valence-electron chi connectivity index (χ4n) is 3.69. The van der Waals surface area contributed by atoms with Gasteiger partial charge < -0.3 is 15.0 Å². The lowest BCUT2D eigenvalue weighted by molar-refractivity contribution is -0.125. The number of methoxy groups -OCH3 is 1. The average molecular weight is 334 g/mol. The van der Waals surface area contributed by atoms with E-state index >= 15 is 0 Å². The fraction of sp³-hybridized carbons (Fsp3) is 0.316. The van der Waals surface area contributed by atoms with Gasteiger partial charge in [0.15, 0.2) is 6.19 Å². The molecule has 6 heteroatoms. The van der Waals surface area contributed by atoms with Crippen LogP contribution < -0.4 is 10.1 Å². The molecule has 1 aromatic carbocycles. The van der Waals surface area contributed by atoms with Gasteiger partial charge in [-0.15, -0.1) is 0 Å². The quantitative estimate of drug-likeness (QED) is 0.854. The second-order valence-corrected chi connectivity index (χ2v) is 6.64. The Labute approximate surface area is 146 Å². The Bertz CT molecular complexity index is 872. The van der Waals surface area contributed by atoms with Gasteiger partial charge in [0, 0.05) is 36.6 Å². The fourth-order valence-corrected chi connectivity index (χ4v) is 3.69. The minimum Gasteiger partial charge on any atom is -0.481 e. The summed E-state index contributed by atoms with van der Waals surface area (Å²) in [4.78, 5) is 18.6. The molecule has 3 heterocycles. The normalized spacial score (nSPS) is 21.6. The summed E-state index contributed by atoms with van der Waals surface area (Å²) in [6.45, 7) is 1.15. The minimum atomic E-state index is -0.480. The smallest absolute Gasteiger partial charge is 0.232 e. The van der Waals surface area contributed by atoms with Gasteiger partial charge in [-0.05, 0) is 36.1 Å². The number of nitrogens with one attached hydrogen (secondary N) is 1. The van der Waals surface area contributed by atoms with Crippen LogP contribution in [0.4, 0.5) is 5.69 Å². The molecule has 2 aromatic rings. The monoisotopic (exact) mass is 334 g/mol. The molecule has 1 aromatic heterocycles. The van der Waals surface area contributed by atoms with Crippen molar-refractivity contribution in [3.05, 3.63) is 42.1 Å². The molecule has 0 saturated carbocycles. The van der Waals surface area contributed by atoms with Gasteiger partial charge in [-0.25, -0.2) is 4.98 Å². The number of likely N-dealkylation sites (tertiary alicyclic amines) is 1. The first kappa shape index (κ1) is 15.5. The van der Waals surface area contributed by atoms with Crippen LogP contribution in [0.5, 0.6) is 5.88 Å². The predicted molar refractivity (Wildman–Crippen MR) is 92.8 cm³/mol. The third kappa shape index (κ3) is 2.58. The lowest BCUT2D eigenvalue weighted by atomic mass is 9.76. The summed E-state index contributed by atoms with van der Waals surface area (Å²) in [6.07, 6.45) is 5.31. The number of fused-ring (bicyclic) bond motifs is 1. The number of rotatable bonds is 2. The van der Waals surface area contributed by atoms with Crippen molar-refractivity contribution < 1.29 is 9.53 Å². The first-order valence-corrected chi connectivity index (χ1v) is 8.23. The summed E-state index contributed by atoms with van der Waals surface area (Å²) in [5.74, 6) is 0.586. The Balaban J connectivity index is 1.63. The maximum absolute atomic E-state index is 12.7. The number of ether oxygens (including phenoxy) is 1. The van der Waals surface area contributed by atoms with Crippen molar-refractivity contribution in [2.45, 2.75) is 12.8 Å². The molecular formula is C19H18N4O2. The van der Waals surface area contributed by atoms with Gasteiger partial charge in [-0.1, -0.05) is 12.1 Å². The Morgan fingerprint density at radius 1 is 1.32 bits per heavy atom. The molecule has 0 radical (unpaired) electrons. The van der Waals surface area contributed by atoms with Crippen LogP contribution in [0.25, 0.3) is 11.1 Å². The van der Waals surface area contributed by atoms with E-state index in [2.05, 4.69) is 22.6 Å². The highest BCUT2D eigenvalue weighted by Gasteiger charge is 2.47. The number of anilines is 1. The highest BCUT2D eigenvalue weighted by atomic mass is 16.5. The van der Waals surface area contributed by atoms with Crippen LogP contribution in [-0.2, 0) is 11.2 Å². The van der Waals surface area contributed by atoms with Crippen molar-refractivity contribution >= 4 is 11.6 Å². The number of aromatic nitrogens is 1. The molecule has 0 aliphatic carbocycles. The Morgan fingerprint density at radius 3 is 2.84 bits per heavy atom. The number of carbonyl (C=O) groups excluding carboxylic acids is 1. The number of pyridine rings is 1. The van der Waals surface area contributed by atoms with E-state index < -0.39 is 5.41 Å². The van der Waals surface area contributed by atoms with Crippen LogP contribution >= 0.6 is 0 Å². The van der Waals surface area contributed by atoms with E-state index in [-0.39, 0.29) is 5.91 Å². The maximum Gasteiger partial charge on any atom is 0.232 e. The van der Waals surface area contributed by atoms with Crippen LogP contribution in [0.15, 0.2) is 36.5 Å². The first-order chi connectivity index (χ1) is 12.1. The zero-order chi connectivity index (χ0) is 17.4. The zero-order valence-electron chi connectivity index (χ0n) is 14.0. The molecule has 25 heavy (non-hydrogen) atoms. The second-order valence-electron chi connectivity index (χ2n) is 6.64. The van der Waals surface area contributed by atoms with E-state index in [1.54, 1.807) is 18.2 Å². The molecule has 2 aliphatic rings. The minimum absolute atomic E-state index is 0.0164. The number of benzene rings is 1. The van der Waals surface area contributed by atoms with E-state index in [4.69, 9.17) is 10.00 Å². The summed E-state index contributed by atoms with van der Waals surface area (Å²) in [5.41, 5.74) is 3.44. The molecule has 126 valence electrons. The molecule has 1 N–H and O–H groups in total. The van der Waals surface area contributed by atoms with E-state index in [0.717, 1.165) is 28.8 Å². The lowest BCUT2D eigenvalue weighted by Gasteiger charge is -2.33. The molecule has 2 aliphatic heterocycles. The van der Waals surface area contributed by atoms with Gasteiger partial charge in [0.25, 0.3) is 0 Å². The molecule has 1 saturated heterocycles. The van der Waals surface area contributed by atoms with E-state index in [1.165, 1.54) is 0 Å². The zero-order valence-corrected chi connectivity index (χ0v) is 14.0. The molecule has 0 bridgehead atoms. The van der Waals surface area contributed by atoms with Crippen molar-refractivity contribution in [1.82, 2.24) is 9.88 Å². The topological polar surface area (TPSA) is 78.2 Å². The van der Waals surface area contributed by atoms with Crippen LogP contribution in [0.1, 0.15) is 12.0 Å². The van der Waals surface area contributed by atoms with Crippen molar-refractivity contribution in [3.63, 3.8) is 0 Å². The number of hydrogen-bond acceptors (Lipinski definition) is 5. The number of nitrogens with zero attached hydrogens (tertiary/aromatic N) is 3. The number of carbonyl (C=O) groups is 1. The van der Waals surface area contributed by atoms with Gasteiger partial charge >= 0.3 is 0 Å². The molecule has 1 amide bonds. The van der Waals surface area contributed by atoms with Crippen LogP contribution in [0, 0.1) is 16.9 Å². The molecule has 6 nitrogen and oxygen atoms in total. The number of hydrogen-bond donors (Lipinski definition) is 1. The van der Waals surface area contributed by atoms with Gasteiger partial charge in [-0.3, -0.25) is 4.79 Å². The van der Waals surface area contributed by atoms with Gasteiger partial charge in [-0.2, -0.15) is 5.26 Å².